The molecule has 0 amide bonds. The van der Waals surface area contributed by atoms with Crippen molar-refractivity contribution in [3.8, 4) is 0 Å². The standard InChI is InChI=1S/C8H16O2.H3N/c1-6(2)5-8(9)10-7(3)4;/h6-7H,5H2,1-4H3;1H3. The average Bonchev–Trinajstić information content (AvgIpc) is 1.58. The third-order valence-electron chi connectivity index (χ3n) is 0.942. The first-order valence-corrected chi connectivity index (χ1v) is 3.72. The fourth-order valence-electron chi connectivity index (χ4n) is 0.644. The van der Waals surface area contributed by atoms with Crippen molar-refractivity contribution in [3.05, 3.63) is 0 Å². The lowest BCUT2D eigenvalue weighted by atomic mass is 10.1. The first-order valence-electron chi connectivity index (χ1n) is 3.72. The molecule has 0 unspecified atom stereocenters. The second-order valence-corrected chi connectivity index (χ2v) is 3.14. The highest BCUT2D eigenvalue weighted by Gasteiger charge is 2.06. The van der Waals surface area contributed by atoms with Gasteiger partial charge in [0.05, 0.1) is 6.10 Å². The molecule has 3 N–H and O–H groups in total. The molecule has 0 atom stereocenters. The minimum absolute atomic E-state index is 0. The Morgan fingerprint density at radius 3 is 2.00 bits per heavy atom. The minimum Gasteiger partial charge on any atom is -0.463 e. The molecular formula is C8H19NO2. The smallest absolute Gasteiger partial charge is 0.306 e. The van der Waals surface area contributed by atoms with Crippen LogP contribution in [0.4, 0.5) is 0 Å². The molecule has 3 nitrogen and oxygen atoms in total. The first kappa shape index (κ1) is 13.1. The molecule has 0 aromatic heterocycles. The third-order valence-corrected chi connectivity index (χ3v) is 0.942. The molecule has 0 bridgehead atoms. The molecule has 0 spiro atoms. The van der Waals surface area contributed by atoms with Crippen molar-refractivity contribution >= 4 is 5.97 Å². The van der Waals surface area contributed by atoms with E-state index in [4.69, 9.17) is 4.74 Å². The summed E-state index contributed by atoms with van der Waals surface area (Å²) in [6.45, 7) is 7.72. The molecule has 0 heterocycles. The van der Waals surface area contributed by atoms with Crippen LogP contribution in [-0.4, -0.2) is 12.1 Å². The lowest BCUT2D eigenvalue weighted by molar-refractivity contribution is -0.148. The Morgan fingerprint density at radius 1 is 1.27 bits per heavy atom. The number of rotatable bonds is 3. The second kappa shape index (κ2) is 6.16. The van der Waals surface area contributed by atoms with Crippen molar-refractivity contribution in [2.75, 3.05) is 0 Å². The van der Waals surface area contributed by atoms with Gasteiger partial charge >= 0.3 is 5.97 Å². The Kier molecular flexibility index (Phi) is 7.31. The topological polar surface area (TPSA) is 61.3 Å². The molecule has 0 saturated carbocycles. The zero-order valence-corrected chi connectivity index (χ0v) is 7.89. The van der Waals surface area contributed by atoms with Crippen LogP contribution in [0.3, 0.4) is 0 Å². The van der Waals surface area contributed by atoms with Crippen LogP contribution in [-0.2, 0) is 9.53 Å². The van der Waals surface area contributed by atoms with E-state index >= 15 is 0 Å². The summed E-state index contributed by atoms with van der Waals surface area (Å²) in [5.74, 6) is 0.302. The maximum Gasteiger partial charge on any atom is 0.306 e. The Morgan fingerprint density at radius 2 is 1.73 bits per heavy atom. The van der Waals surface area contributed by atoms with E-state index in [-0.39, 0.29) is 18.2 Å². The van der Waals surface area contributed by atoms with E-state index in [2.05, 4.69) is 0 Å². The molecule has 0 aliphatic carbocycles. The van der Waals surface area contributed by atoms with E-state index in [0.717, 1.165) is 0 Å². The largest absolute Gasteiger partial charge is 0.463 e. The first-order chi connectivity index (χ1) is 4.52. The fraction of sp³-hybridized carbons (Fsp3) is 0.875. The molecular weight excluding hydrogens is 142 g/mol. The molecule has 68 valence electrons. The summed E-state index contributed by atoms with van der Waals surface area (Å²) in [5, 5.41) is 0. The summed E-state index contributed by atoms with van der Waals surface area (Å²) in [4.78, 5) is 10.8. The SMILES string of the molecule is CC(C)CC(=O)OC(C)C.N. The second-order valence-electron chi connectivity index (χ2n) is 3.14. The summed E-state index contributed by atoms with van der Waals surface area (Å²) in [6.07, 6.45) is 0.546. The molecule has 0 saturated heterocycles. The summed E-state index contributed by atoms with van der Waals surface area (Å²) in [6, 6.07) is 0. The zero-order chi connectivity index (χ0) is 8.15. The number of carbonyl (C=O) groups is 1. The summed E-state index contributed by atoms with van der Waals surface area (Å²) >= 11 is 0. The van der Waals surface area contributed by atoms with Crippen LogP contribution in [0.15, 0.2) is 0 Å². The number of esters is 1. The highest BCUT2D eigenvalue weighted by Crippen LogP contribution is 2.02. The van der Waals surface area contributed by atoms with E-state index < -0.39 is 0 Å². The van der Waals surface area contributed by atoms with E-state index in [0.29, 0.717) is 12.3 Å². The fourth-order valence-corrected chi connectivity index (χ4v) is 0.644. The van der Waals surface area contributed by atoms with E-state index in [1.807, 2.05) is 27.7 Å². The van der Waals surface area contributed by atoms with Crippen LogP contribution in [0.1, 0.15) is 34.1 Å². The van der Waals surface area contributed by atoms with Crippen LogP contribution in [0.2, 0.25) is 0 Å². The number of hydrogen-bond acceptors (Lipinski definition) is 3. The van der Waals surface area contributed by atoms with Crippen LogP contribution < -0.4 is 6.15 Å². The van der Waals surface area contributed by atoms with Gasteiger partial charge in [-0.3, -0.25) is 4.79 Å². The molecule has 11 heavy (non-hydrogen) atoms. The van der Waals surface area contributed by atoms with Gasteiger partial charge in [0.25, 0.3) is 0 Å². The van der Waals surface area contributed by atoms with Gasteiger partial charge in [0.15, 0.2) is 0 Å². The highest BCUT2D eigenvalue weighted by atomic mass is 16.5. The number of ether oxygens (including phenoxy) is 1. The molecule has 0 aliphatic heterocycles. The number of hydrogen-bond donors (Lipinski definition) is 1. The van der Waals surface area contributed by atoms with Gasteiger partial charge in [-0.2, -0.15) is 0 Å². The highest BCUT2D eigenvalue weighted by molar-refractivity contribution is 5.69. The van der Waals surface area contributed by atoms with Crippen LogP contribution in [0.25, 0.3) is 0 Å². The predicted molar refractivity (Wildman–Crippen MR) is 45.7 cm³/mol. The molecule has 0 aromatic rings. The summed E-state index contributed by atoms with van der Waals surface area (Å²) < 4.78 is 4.92. The average molecular weight is 161 g/mol. The van der Waals surface area contributed by atoms with Gasteiger partial charge in [0, 0.05) is 6.42 Å². The molecule has 0 radical (unpaired) electrons. The van der Waals surface area contributed by atoms with Gasteiger partial charge in [0.1, 0.15) is 0 Å². The Balaban J connectivity index is 0. The van der Waals surface area contributed by atoms with Crippen LogP contribution in [0, 0.1) is 5.92 Å². The predicted octanol–water partition coefficient (Wildman–Crippen LogP) is 2.15. The Bertz CT molecular complexity index is 98.7. The van der Waals surface area contributed by atoms with Crippen LogP contribution in [0.5, 0.6) is 0 Å². The third kappa shape index (κ3) is 9.43. The van der Waals surface area contributed by atoms with Gasteiger partial charge in [-0.15, -0.1) is 0 Å². The van der Waals surface area contributed by atoms with Crippen molar-refractivity contribution in [2.45, 2.75) is 40.2 Å². The number of carbonyl (C=O) groups excluding carboxylic acids is 1. The molecule has 0 rings (SSSR count). The quantitative estimate of drug-likeness (QED) is 0.645. The van der Waals surface area contributed by atoms with Crippen molar-refractivity contribution in [2.24, 2.45) is 5.92 Å². The zero-order valence-electron chi connectivity index (χ0n) is 7.89. The maximum absolute atomic E-state index is 10.8. The van der Waals surface area contributed by atoms with E-state index in [1.54, 1.807) is 0 Å². The van der Waals surface area contributed by atoms with E-state index in [9.17, 15) is 4.79 Å². The normalized spacial score (nSPS) is 9.64. The van der Waals surface area contributed by atoms with Gasteiger partial charge in [-0.1, -0.05) is 13.8 Å². The molecule has 3 heteroatoms. The monoisotopic (exact) mass is 161 g/mol. The van der Waals surface area contributed by atoms with Crippen molar-refractivity contribution in [1.82, 2.24) is 6.15 Å². The van der Waals surface area contributed by atoms with Crippen molar-refractivity contribution in [3.63, 3.8) is 0 Å². The lowest BCUT2D eigenvalue weighted by Crippen LogP contribution is -2.12. The van der Waals surface area contributed by atoms with Gasteiger partial charge in [0.2, 0.25) is 0 Å². The summed E-state index contributed by atoms with van der Waals surface area (Å²) in [5.41, 5.74) is 0. The minimum atomic E-state index is -0.0926. The lowest BCUT2D eigenvalue weighted by Gasteiger charge is -2.08. The molecule has 0 aromatic carbocycles. The Labute approximate surface area is 68.7 Å². The van der Waals surface area contributed by atoms with Crippen molar-refractivity contribution < 1.29 is 9.53 Å². The molecule has 0 aliphatic rings. The maximum atomic E-state index is 10.8. The Hall–Kier alpha value is -0.570. The molecule has 0 fully saturated rings. The summed E-state index contributed by atoms with van der Waals surface area (Å²) in [7, 11) is 0. The van der Waals surface area contributed by atoms with Gasteiger partial charge in [-0.25, -0.2) is 0 Å². The van der Waals surface area contributed by atoms with Crippen molar-refractivity contribution in [1.29, 1.82) is 0 Å². The van der Waals surface area contributed by atoms with E-state index in [1.165, 1.54) is 0 Å². The van der Waals surface area contributed by atoms with Crippen LogP contribution >= 0.6 is 0 Å². The van der Waals surface area contributed by atoms with Gasteiger partial charge < -0.3 is 10.9 Å². The van der Waals surface area contributed by atoms with Gasteiger partial charge in [-0.05, 0) is 19.8 Å².